The summed E-state index contributed by atoms with van der Waals surface area (Å²) in [5.41, 5.74) is 2.75. The molecule has 0 amide bonds. The molecule has 17 heavy (non-hydrogen) atoms. The van der Waals surface area contributed by atoms with Crippen LogP contribution in [0.3, 0.4) is 0 Å². The smallest absolute Gasteiger partial charge is 0.0656 e. The van der Waals surface area contributed by atoms with Gasteiger partial charge in [-0.2, -0.15) is 5.26 Å². The Hall–Kier alpha value is -1.29. The first-order valence-corrected chi connectivity index (χ1v) is 6.68. The molecule has 0 saturated heterocycles. The van der Waals surface area contributed by atoms with Gasteiger partial charge in [-0.15, -0.1) is 0 Å². The third-order valence-electron chi connectivity index (χ3n) is 4.17. The molecule has 0 aromatic heterocycles. The van der Waals surface area contributed by atoms with Crippen molar-refractivity contribution < 1.29 is 0 Å². The van der Waals surface area contributed by atoms with Gasteiger partial charge in [-0.1, -0.05) is 42.7 Å². The molecule has 1 aliphatic rings. The van der Waals surface area contributed by atoms with Crippen molar-refractivity contribution in [1.29, 1.82) is 5.26 Å². The van der Waals surface area contributed by atoms with E-state index in [9.17, 15) is 0 Å². The maximum atomic E-state index is 9.15. The van der Waals surface area contributed by atoms with E-state index in [4.69, 9.17) is 5.26 Å². The lowest BCUT2D eigenvalue weighted by Gasteiger charge is -2.33. The summed E-state index contributed by atoms with van der Waals surface area (Å²) in [7, 11) is 0. The van der Waals surface area contributed by atoms with Gasteiger partial charge in [0.2, 0.25) is 0 Å². The van der Waals surface area contributed by atoms with Crippen LogP contribution in [0.1, 0.15) is 49.7 Å². The zero-order valence-corrected chi connectivity index (χ0v) is 10.8. The maximum absolute atomic E-state index is 9.15. The van der Waals surface area contributed by atoms with Crippen LogP contribution in [0.5, 0.6) is 0 Å². The van der Waals surface area contributed by atoms with Gasteiger partial charge in [-0.3, -0.25) is 0 Å². The Balaban J connectivity index is 2.22. The Morgan fingerprint density at radius 1 is 1.18 bits per heavy atom. The van der Waals surface area contributed by atoms with Crippen LogP contribution in [0.25, 0.3) is 0 Å². The summed E-state index contributed by atoms with van der Waals surface area (Å²) >= 11 is 0. The number of hydrogen-bond acceptors (Lipinski definition) is 1. The van der Waals surface area contributed by atoms with E-state index < -0.39 is 0 Å². The topological polar surface area (TPSA) is 23.8 Å². The lowest BCUT2D eigenvalue weighted by Crippen LogP contribution is -2.23. The van der Waals surface area contributed by atoms with Gasteiger partial charge in [-0.05, 0) is 44.1 Å². The average Bonchev–Trinajstić information content (AvgIpc) is 2.39. The van der Waals surface area contributed by atoms with Crippen molar-refractivity contribution in [2.75, 3.05) is 0 Å². The summed E-state index contributed by atoms with van der Waals surface area (Å²) in [4.78, 5) is 0. The summed E-state index contributed by atoms with van der Waals surface area (Å²) in [5.74, 6) is 1.33. The molecular weight excluding hydrogens is 206 g/mol. The van der Waals surface area contributed by atoms with Gasteiger partial charge in [-0.25, -0.2) is 0 Å². The third kappa shape index (κ3) is 2.69. The summed E-state index contributed by atoms with van der Waals surface area (Å²) in [6.07, 6.45) is 5.07. The zero-order chi connectivity index (χ0) is 12.3. The first-order chi connectivity index (χ1) is 8.22. The van der Waals surface area contributed by atoms with E-state index >= 15 is 0 Å². The van der Waals surface area contributed by atoms with Gasteiger partial charge >= 0.3 is 0 Å². The van der Waals surface area contributed by atoms with E-state index in [0.29, 0.717) is 11.8 Å². The van der Waals surface area contributed by atoms with Crippen LogP contribution in [0.2, 0.25) is 0 Å². The first kappa shape index (κ1) is 12.2. The molecule has 0 heterocycles. The summed E-state index contributed by atoms with van der Waals surface area (Å²) in [6.45, 7) is 4.21. The Labute approximate surface area is 104 Å². The predicted molar refractivity (Wildman–Crippen MR) is 70.7 cm³/mol. The van der Waals surface area contributed by atoms with Crippen LogP contribution in [0.4, 0.5) is 0 Å². The molecule has 1 nitrogen and oxygen atoms in total. The molecular formula is C16H21N. The molecule has 1 fully saturated rings. The number of aryl methyl sites for hydroxylation is 1. The fraction of sp³-hybridized carbons (Fsp3) is 0.562. The number of benzene rings is 1. The van der Waals surface area contributed by atoms with E-state index in [0.717, 1.165) is 0 Å². The summed E-state index contributed by atoms with van der Waals surface area (Å²) < 4.78 is 0. The fourth-order valence-corrected chi connectivity index (χ4v) is 3.08. The molecule has 1 aromatic rings. The van der Waals surface area contributed by atoms with E-state index in [1.165, 1.54) is 36.8 Å². The second-order valence-corrected chi connectivity index (χ2v) is 5.38. The van der Waals surface area contributed by atoms with Crippen molar-refractivity contribution in [2.45, 2.75) is 45.4 Å². The highest BCUT2D eigenvalue weighted by Crippen LogP contribution is 2.41. The van der Waals surface area contributed by atoms with Gasteiger partial charge < -0.3 is 0 Å². The highest BCUT2D eigenvalue weighted by Gasteiger charge is 2.30. The fourth-order valence-electron chi connectivity index (χ4n) is 3.08. The maximum Gasteiger partial charge on any atom is 0.0656 e. The SMILES string of the molecule is Cc1ccc(C2CCCCC2C(C)C#N)cc1. The molecule has 90 valence electrons. The quantitative estimate of drug-likeness (QED) is 0.733. The van der Waals surface area contributed by atoms with Crippen LogP contribution in [0, 0.1) is 30.1 Å². The minimum atomic E-state index is 0.182. The van der Waals surface area contributed by atoms with Crippen molar-refractivity contribution in [3.63, 3.8) is 0 Å². The number of nitriles is 1. The van der Waals surface area contributed by atoms with Gasteiger partial charge in [0.1, 0.15) is 0 Å². The van der Waals surface area contributed by atoms with Crippen molar-refractivity contribution >= 4 is 0 Å². The van der Waals surface area contributed by atoms with Crippen molar-refractivity contribution in [2.24, 2.45) is 11.8 Å². The number of nitrogens with zero attached hydrogens (tertiary/aromatic N) is 1. The molecule has 0 spiro atoms. The van der Waals surface area contributed by atoms with E-state index in [-0.39, 0.29) is 5.92 Å². The minimum Gasteiger partial charge on any atom is -0.198 e. The highest BCUT2D eigenvalue weighted by molar-refractivity contribution is 5.26. The lowest BCUT2D eigenvalue weighted by atomic mass is 9.70. The monoisotopic (exact) mass is 227 g/mol. The number of hydrogen-bond donors (Lipinski definition) is 0. The zero-order valence-electron chi connectivity index (χ0n) is 10.8. The average molecular weight is 227 g/mol. The Bertz CT molecular complexity index is 399. The molecule has 0 bridgehead atoms. The molecule has 2 rings (SSSR count). The van der Waals surface area contributed by atoms with Gasteiger partial charge in [0.25, 0.3) is 0 Å². The van der Waals surface area contributed by atoms with Crippen LogP contribution >= 0.6 is 0 Å². The van der Waals surface area contributed by atoms with Crippen molar-refractivity contribution in [3.05, 3.63) is 35.4 Å². The van der Waals surface area contributed by atoms with Crippen molar-refractivity contribution in [3.8, 4) is 6.07 Å². The Kier molecular flexibility index (Phi) is 3.84. The largest absolute Gasteiger partial charge is 0.198 e. The van der Waals surface area contributed by atoms with Gasteiger partial charge in [0.15, 0.2) is 0 Å². The standard InChI is InChI=1S/C16H21N/c1-12-7-9-14(10-8-12)16-6-4-3-5-15(16)13(2)11-17/h7-10,13,15-16H,3-6H2,1-2H3. The molecule has 3 unspecified atom stereocenters. The second kappa shape index (κ2) is 5.36. The minimum absolute atomic E-state index is 0.182. The van der Waals surface area contributed by atoms with E-state index in [1.807, 2.05) is 0 Å². The summed E-state index contributed by atoms with van der Waals surface area (Å²) in [6, 6.07) is 11.3. The normalized spacial score (nSPS) is 26.2. The van der Waals surface area contributed by atoms with E-state index in [1.54, 1.807) is 0 Å². The van der Waals surface area contributed by atoms with Crippen LogP contribution < -0.4 is 0 Å². The Morgan fingerprint density at radius 2 is 1.82 bits per heavy atom. The number of rotatable bonds is 2. The predicted octanol–water partition coefficient (Wildman–Crippen LogP) is 4.43. The molecule has 0 aliphatic heterocycles. The van der Waals surface area contributed by atoms with Gasteiger partial charge in [0.05, 0.1) is 6.07 Å². The molecule has 1 heteroatoms. The second-order valence-electron chi connectivity index (χ2n) is 5.38. The molecule has 1 saturated carbocycles. The molecule has 0 N–H and O–H groups in total. The molecule has 1 aliphatic carbocycles. The Morgan fingerprint density at radius 3 is 2.47 bits per heavy atom. The molecule has 0 radical (unpaired) electrons. The first-order valence-electron chi connectivity index (χ1n) is 6.68. The van der Waals surface area contributed by atoms with Gasteiger partial charge in [0, 0.05) is 5.92 Å². The lowest BCUT2D eigenvalue weighted by molar-refractivity contribution is 0.260. The molecule has 3 atom stereocenters. The van der Waals surface area contributed by atoms with Crippen molar-refractivity contribution in [1.82, 2.24) is 0 Å². The molecule has 1 aromatic carbocycles. The third-order valence-corrected chi connectivity index (χ3v) is 4.17. The summed E-state index contributed by atoms with van der Waals surface area (Å²) in [5, 5.41) is 9.15. The van der Waals surface area contributed by atoms with E-state index in [2.05, 4.69) is 44.2 Å². The van der Waals surface area contributed by atoms with Crippen LogP contribution in [0.15, 0.2) is 24.3 Å². The van der Waals surface area contributed by atoms with Crippen LogP contribution in [-0.2, 0) is 0 Å². The van der Waals surface area contributed by atoms with Crippen LogP contribution in [-0.4, -0.2) is 0 Å². The highest BCUT2D eigenvalue weighted by atomic mass is 14.4.